The van der Waals surface area contributed by atoms with Crippen molar-refractivity contribution in [2.45, 2.75) is 27.7 Å². The Morgan fingerprint density at radius 3 is 1.46 bits per heavy atom. The summed E-state index contributed by atoms with van der Waals surface area (Å²) >= 11 is 0. The van der Waals surface area contributed by atoms with Gasteiger partial charge in [0.25, 0.3) is 0 Å². The zero-order chi connectivity index (χ0) is 10.7. The third kappa shape index (κ3) is 8.67. The van der Waals surface area contributed by atoms with E-state index in [2.05, 4.69) is 50.4 Å². The average Bonchev–Trinajstić information content (AvgIpc) is 2.15. The van der Waals surface area contributed by atoms with Gasteiger partial charge in [0.15, 0.2) is 0 Å². The molecule has 13 heavy (non-hydrogen) atoms. The summed E-state index contributed by atoms with van der Waals surface area (Å²) in [6.07, 6.45) is 1.25. The van der Waals surface area contributed by atoms with Crippen LogP contribution < -0.4 is 5.73 Å². The fraction of sp³-hybridized carbons (Fsp3) is 0.333. The summed E-state index contributed by atoms with van der Waals surface area (Å²) in [6, 6.07) is 8.36. The van der Waals surface area contributed by atoms with Crippen molar-refractivity contribution in [3.05, 3.63) is 48.2 Å². The van der Waals surface area contributed by atoms with E-state index in [4.69, 9.17) is 0 Å². The molecule has 1 rings (SSSR count). The molecule has 0 atom stereocenters. The number of hydrogen-bond donors (Lipinski definition) is 1. The van der Waals surface area contributed by atoms with Crippen molar-refractivity contribution in [3.63, 3.8) is 0 Å². The molecule has 0 bridgehead atoms. The van der Waals surface area contributed by atoms with E-state index in [1.165, 1.54) is 17.3 Å². The standard InChI is InChI=1S/C8H10.C2H5N.C2H6/c1-7-5-3-4-6-8(7)2;1-2-3;1-2/h3-6H,1-2H3;2H,1,3H2;1-2H3. The largest absolute Gasteiger partial charge is 0.405 e. The van der Waals surface area contributed by atoms with Gasteiger partial charge in [-0.15, -0.1) is 0 Å². The smallest absolute Gasteiger partial charge is 0.0136 e. The maximum Gasteiger partial charge on any atom is -0.0136 e. The molecule has 0 aromatic heterocycles. The van der Waals surface area contributed by atoms with Gasteiger partial charge in [0.05, 0.1) is 0 Å². The van der Waals surface area contributed by atoms with Gasteiger partial charge in [-0.1, -0.05) is 44.7 Å². The molecule has 0 aliphatic rings. The van der Waals surface area contributed by atoms with Gasteiger partial charge in [0, 0.05) is 0 Å². The molecule has 0 amide bonds. The highest BCUT2D eigenvalue weighted by Crippen LogP contribution is 2.02. The van der Waals surface area contributed by atoms with Crippen LogP contribution in [0.25, 0.3) is 0 Å². The summed E-state index contributed by atoms with van der Waals surface area (Å²) in [4.78, 5) is 0. The lowest BCUT2D eigenvalue weighted by Gasteiger charge is -1.93. The first-order chi connectivity index (χ1) is 6.22. The average molecular weight is 179 g/mol. The molecule has 0 spiro atoms. The van der Waals surface area contributed by atoms with Gasteiger partial charge in [-0.3, -0.25) is 0 Å². The summed E-state index contributed by atoms with van der Waals surface area (Å²) in [5.74, 6) is 0. The van der Waals surface area contributed by atoms with E-state index in [-0.39, 0.29) is 0 Å². The van der Waals surface area contributed by atoms with E-state index >= 15 is 0 Å². The lowest BCUT2D eigenvalue weighted by atomic mass is 10.1. The molecule has 0 saturated carbocycles. The van der Waals surface area contributed by atoms with Crippen LogP contribution in [-0.4, -0.2) is 0 Å². The van der Waals surface area contributed by atoms with Crippen molar-refractivity contribution >= 4 is 0 Å². The normalized spacial score (nSPS) is 7.08. The van der Waals surface area contributed by atoms with E-state index in [1.807, 2.05) is 13.8 Å². The molecule has 0 aliphatic carbocycles. The molecule has 0 fully saturated rings. The molecule has 74 valence electrons. The molecular formula is C12H21N. The quantitative estimate of drug-likeness (QED) is 0.649. The van der Waals surface area contributed by atoms with Gasteiger partial charge in [-0.25, -0.2) is 0 Å². The molecule has 1 nitrogen and oxygen atoms in total. The third-order valence-electron chi connectivity index (χ3n) is 1.43. The van der Waals surface area contributed by atoms with Crippen LogP contribution in [0.2, 0.25) is 0 Å². The number of aryl methyl sites for hydroxylation is 2. The molecular weight excluding hydrogens is 158 g/mol. The Morgan fingerprint density at radius 1 is 1.08 bits per heavy atom. The van der Waals surface area contributed by atoms with E-state index in [0.717, 1.165) is 0 Å². The van der Waals surface area contributed by atoms with Crippen LogP contribution >= 0.6 is 0 Å². The first kappa shape index (κ1) is 14.3. The molecule has 0 saturated heterocycles. The predicted octanol–water partition coefficient (Wildman–Crippen LogP) is 3.42. The van der Waals surface area contributed by atoms with E-state index in [1.54, 1.807) is 0 Å². The Bertz CT molecular complexity index is 195. The Morgan fingerprint density at radius 2 is 1.31 bits per heavy atom. The molecule has 0 aliphatic heterocycles. The van der Waals surface area contributed by atoms with Gasteiger partial charge >= 0.3 is 0 Å². The molecule has 0 unspecified atom stereocenters. The van der Waals surface area contributed by atoms with Crippen molar-refractivity contribution in [1.82, 2.24) is 0 Å². The van der Waals surface area contributed by atoms with Crippen molar-refractivity contribution in [1.29, 1.82) is 0 Å². The first-order valence-electron chi connectivity index (χ1n) is 4.57. The van der Waals surface area contributed by atoms with Crippen LogP contribution in [0.1, 0.15) is 25.0 Å². The Kier molecular flexibility index (Phi) is 11.8. The summed E-state index contributed by atoms with van der Waals surface area (Å²) in [6.45, 7) is 11.4. The third-order valence-corrected chi connectivity index (χ3v) is 1.43. The van der Waals surface area contributed by atoms with Crippen molar-refractivity contribution in [2.24, 2.45) is 5.73 Å². The molecule has 0 radical (unpaired) electrons. The molecule has 1 aromatic rings. The maximum absolute atomic E-state index is 4.61. The summed E-state index contributed by atoms with van der Waals surface area (Å²) in [5, 5.41) is 0. The number of benzene rings is 1. The topological polar surface area (TPSA) is 26.0 Å². The highest BCUT2D eigenvalue weighted by atomic mass is 14.5. The number of hydrogen-bond acceptors (Lipinski definition) is 1. The van der Waals surface area contributed by atoms with Crippen LogP contribution in [0, 0.1) is 13.8 Å². The van der Waals surface area contributed by atoms with E-state index in [0.29, 0.717) is 0 Å². The van der Waals surface area contributed by atoms with Gasteiger partial charge < -0.3 is 5.73 Å². The molecule has 0 heterocycles. The summed E-state index contributed by atoms with van der Waals surface area (Å²) in [7, 11) is 0. The monoisotopic (exact) mass is 179 g/mol. The van der Waals surface area contributed by atoms with Gasteiger partial charge in [0.1, 0.15) is 0 Å². The van der Waals surface area contributed by atoms with Crippen molar-refractivity contribution < 1.29 is 0 Å². The zero-order valence-electron chi connectivity index (χ0n) is 9.17. The summed E-state index contributed by atoms with van der Waals surface area (Å²) in [5.41, 5.74) is 7.35. The van der Waals surface area contributed by atoms with E-state index in [9.17, 15) is 0 Å². The lowest BCUT2D eigenvalue weighted by Crippen LogP contribution is -1.74. The van der Waals surface area contributed by atoms with Crippen LogP contribution in [-0.2, 0) is 0 Å². The van der Waals surface area contributed by atoms with Gasteiger partial charge in [-0.2, -0.15) is 0 Å². The zero-order valence-corrected chi connectivity index (χ0v) is 9.17. The second-order valence-corrected chi connectivity index (χ2v) is 2.32. The minimum absolute atomic E-state index is 1.25. The lowest BCUT2D eigenvalue weighted by molar-refractivity contribution is 1.34. The maximum atomic E-state index is 4.61. The fourth-order valence-corrected chi connectivity index (χ4v) is 0.663. The Balaban J connectivity index is 0. The first-order valence-corrected chi connectivity index (χ1v) is 4.57. The highest BCUT2D eigenvalue weighted by molar-refractivity contribution is 5.23. The predicted molar refractivity (Wildman–Crippen MR) is 61.6 cm³/mol. The fourth-order valence-electron chi connectivity index (χ4n) is 0.663. The Hall–Kier alpha value is -1.24. The van der Waals surface area contributed by atoms with Gasteiger partial charge in [0.2, 0.25) is 0 Å². The van der Waals surface area contributed by atoms with Crippen LogP contribution in [0.5, 0.6) is 0 Å². The molecule has 1 heteroatoms. The van der Waals surface area contributed by atoms with Crippen LogP contribution in [0.15, 0.2) is 37.0 Å². The number of nitrogens with two attached hydrogens (primary N) is 1. The van der Waals surface area contributed by atoms with E-state index < -0.39 is 0 Å². The minimum atomic E-state index is 1.25. The SMILES string of the molecule is C=CN.CC.Cc1ccccc1C. The molecule has 1 aromatic carbocycles. The highest BCUT2D eigenvalue weighted by Gasteiger charge is 1.83. The molecule has 2 N–H and O–H groups in total. The minimum Gasteiger partial charge on any atom is -0.405 e. The van der Waals surface area contributed by atoms with Crippen molar-refractivity contribution in [3.8, 4) is 0 Å². The van der Waals surface area contributed by atoms with Crippen LogP contribution in [0.4, 0.5) is 0 Å². The number of rotatable bonds is 0. The Labute approximate surface area is 82.3 Å². The van der Waals surface area contributed by atoms with Gasteiger partial charge in [-0.05, 0) is 31.2 Å². The second-order valence-electron chi connectivity index (χ2n) is 2.32. The van der Waals surface area contributed by atoms with Crippen LogP contribution in [0.3, 0.4) is 0 Å². The summed E-state index contributed by atoms with van der Waals surface area (Å²) < 4.78 is 0. The van der Waals surface area contributed by atoms with Crippen molar-refractivity contribution in [2.75, 3.05) is 0 Å². The second kappa shape index (κ2) is 10.8.